The van der Waals surface area contributed by atoms with Gasteiger partial charge in [0.15, 0.2) is 5.65 Å². The highest BCUT2D eigenvalue weighted by Gasteiger charge is 2.15. The van der Waals surface area contributed by atoms with Crippen LogP contribution in [-0.2, 0) is 6.42 Å². The predicted octanol–water partition coefficient (Wildman–Crippen LogP) is 1.69. The van der Waals surface area contributed by atoms with E-state index < -0.39 is 0 Å². The van der Waals surface area contributed by atoms with Crippen LogP contribution >= 0.6 is 0 Å². The van der Waals surface area contributed by atoms with Gasteiger partial charge >= 0.3 is 0 Å². The number of nitrogens with zero attached hydrogens (tertiary/aromatic N) is 2. The van der Waals surface area contributed by atoms with Crippen LogP contribution in [0.5, 0.6) is 0 Å². The van der Waals surface area contributed by atoms with Crippen LogP contribution in [0.25, 0.3) is 5.65 Å². The van der Waals surface area contributed by atoms with Gasteiger partial charge in [-0.3, -0.25) is 9.89 Å². The van der Waals surface area contributed by atoms with Gasteiger partial charge in [-0.2, -0.15) is 0 Å². The Hall–Kier alpha value is -1.62. The van der Waals surface area contributed by atoms with Crippen molar-refractivity contribution in [1.29, 1.82) is 0 Å². The molecule has 0 aliphatic carbocycles. The molecule has 0 aromatic carbocycles. The quantitative estimate of drug-likeness (QED) is 0.892. The first-order valence-corrected chi connectivity index (χ1v) is 7.46. The van der Waals surface area contributed by atoms with Crippen molar-refractivity contribution in [3.63, 3.8) is 0 Å². The van der Waals surface area contributed by atoms with E-state index in [0.29, 0.717) is 5.92 Å². The average Bonchev–Trinajstić information content (AvgIpc) is 3.05. The van der Waals surface area contributed by atoms with E-state index in [1.165, 1.54) is 10.9 Å². The van der Waals surface area contributed by atoms with Gasteiger partial charge in [0, 0.05) is 23.5 Å². The summed E-state index contributed by atoms with van der Waals surface area (Å²) in [5.74, 6) is 1.09. The van der Waals surface area contributed by atoms with Crippen LogP contribution in [0.2, 0.25) is 0 Å². The summed E-state index contributed by atoms with van der Waals surface area (Å²) in [5, 5.41) is 6.49. The molecule has 0 spiro atoms. The van der Waals surface area contributed by atoms with Crippen molar-refractivity contribution < 1.29 is 0 Å². The topological polar surface area (TPSA) is 62.2 Å². The molecule has 5 heteroatoms. The highest BCUT2D eigenvalue weighted by molar-refractivity contribution is 5.40. The molecule has 5 nitrogen and oxygen atoms in total. The Bertz CT molecular complexity index is 649. The molecule has 108 valence electrons. The molecule has 1 aliphatic heterocycles. The minimum absolute atomic E-state index is 0.0125. The van der Waals surface area contributed by atoms with E-state index in [-0.39, 0.29) is 5.56 Å². The summed E-state index contributed by atoms with van der Waals surface area (Å²) in [4.78, 5) is 16.7. The summed E-state index contributed by atoms with van der Waals surface area (Å²) in [5.41, 5.74) is 2.69. The van der Waals surface area contributed by atoms with Crippen LogP contribution in [0.4, 0.5) is 0 Å². The molecule has 1 atom stereocenters. The number of aromatic nitrogens is 3. The molecule has 1 unspecified atom stereocenters. The zero-order valence-corrected chi connectivity index (χ0v) is 12.1. The molecule has 2 aromatic heterocycles. The standard InChI is InChI=1S/C15H22N4O/c1-10(2)13-8-14-17-12(7-15(20)19(14)18-13)4-3-11-5-6-16-9-11/h7-8,10-11,16,18H,3-6,9H2,1-2H3. The van der Waals surface area contributed by atoms with Crippen molar-refractivity contribution in [2.24, 2.45) is 5.92 Å². The van der Waals surface area contributed by atoms with Gasteiger partial charge in [-0.05, 0) is 44.2 Å². The van der Waals surface area contributed by atoms with Crippen molar-refractivity contribution in [3.8, 4) is 0 Å². The lowest BCUT2D eigenvalue weighted by atomic mass is 10.0. The number of hydrogen-bond acceptors (Lipinski definition) is 3. The van der Waals surface area contributed by atoms with Gasteiger partial charge in [0.1, 0.15) is 0 Å². The first-order chi connectivity index (χ1) is 9.63. The SMILES string of the molecule is CC(C)c1cc2nc(CCC3CCNC3)cc(=O)n2[nH]1. The molecule has 0 radical (unpaired) electrons. The Morgan fingerprint density at radius 3 is 3.00 bits per heavy atom. The van der Waals surface area contributed by atoms with Gasteiger partial charge in [0.05, 0.1) is 0 Å². The largest absolute Gasteiger partial charge is 0.316 e. The Kier molecular flexibility index (Phi) is 3.61. The third-order valence-corrected chi connectivity index (χ3v) is 4.12. The number of H-pyrrole nitrogens is 1. The van der Waals surface area contributed by atoms with Crippen LogP contribution in [0, 0.1) is 5.92 Å². The van der Waals surface area contributed by atoms with Crippen molar-refractivity contribution in [2.75, 3.05) is 13.1 Å². The molecule has 0 amide bonds. The normalized spacial score (nSPS) is 19.2. The minimum Gasteiger partial charge on any atom is -0.316 e. The maximum absolute atomic E-state index is 12.1. The number of nitrogens with one attached hydrogen (secondary N) is 2. The van der Waals surface area contributed by atoms with Crippen molar-refractivity contribution in [3.05, 3.63) is 33.9 Å². The molecule has 1 saturated heterocycles. The van der Waals surface area contributed by atoms with E-state index in [1.807, 2.05) is 6.07 Å². The number of aryl methyl sites for hydroxylation is 1. The van der Waals surface area contributed by atoms with Crippen molar-refractivity contribution in [1.82, 2.24) is 19.9 Å². The Balaban J connectivity index is 1.83. The second-order valence-corrected chi connectivity index (χ2v) is 6.04. The lowest BCUT2D eigenvalue weighted by Crippen LogP contribution is -2.16. The lowest BCUT2D eigenvalue weighted by molar-refractivity contribution is 0.529. The molecule has 1 fully saturated rings. The highest BCUT2D eigenvalue weighted by atomic mass is 16.1. The van der Waals surface area contributed by atoms with E-state index in [9.17, 15) is 4.79 Å². The molecule has 3 heterocycles. The van der Waals surface area contributed by atoms with E-state index in [1.54, 1.807) is 6.07 Å². The highest BCUT2D eigenvalue weighted by Crippen LogP contribution is 2.16. The van der Waals surface area contributed by atoms with E-state index >= 15 is 0 Å². The Morgan fingerprint density at radius 2 is 2.30 bits per heavy atom. The zero-order valence-electron chi connectivity index (χ0n) is 12.1. The number of aromatic amines is 1. The predicted molar refractivity (Wildman–Crippen MR) is 79.2 cm³/mol. The number of fused-ring (bicyclic) bond motifs is 1. The van der Waals surface area contributed by atoms with E-state index in [2.05, 4.69) is 29.2 Å². The van der Waals surface area contributed by atoms with Crippen LogP contribution < -0.4 is 10.9 Å². The molecule has 0 saturated carbocycles. The minimum atomic E-state index is -0.0125. The van der Waals surface area contributed by atoms with Gasteiger partial charge < -0.3 is 5.32 Å². The summed E-state index contributed by atoms with van der Waals surface area (Å²) >= 11 is 0. The average molecular weight is 274 g/mol. The van der Waals surface area contributed by atoms with Gasteiger partial charge in [-0.25, -0.2) is 9.50 Å². The monoisotopic (exact) mass is 274 g/mol. The van der Waals surface area contributed by atoms with Gasteiger partial charge in [-0.15, -0.1) is 0 Å². The van der Waals surface area contributed by atoms with Crippen LogP contribution in [0.1, 0.15) is 44.0 Å². The fourth-order valence-corrected chi connectivity index (χ4v) is 2.80. The maximum atomic E-state index is 12.1. The summed E-state index contributed by atoms with van der Waals surface area (Å²) < 4.78 is 1.54. The van der Waals surface area contributed by atoms with Crippen LogP contribution in [-0.4, -0.2) is 27.7 Å². The molecule has 0 bridgehead atoms. The Labute approximate surface area is 118 Å². The second kappa shape index (κ2) is 5.40. The molecule has 3 rings (SSSR count). The first kappa shape index (κ1) is 13.4. The first-order valence-electron chi connectivity index (χ1n) is 7.46. The molecule has 1 aliphatic rings. The van der Waals surface area contributed by atoms with Crippen molar-refractivity contribution >= 4 is 5.65 Å². The smallest absolute Gasteiger partial charge is 0.272 e. The zero-order chi connectivity index (χ0) is 14.1. The third-order valence-electron chi connectivity index (χ3n) is 4.12. The summed E-state index contributed by atoms with van der Waals surface area (Å²) in [6.45, 7) is 6.42. The van der Waals surface area contributed by atoms with E-state index in [0.717, 1.165) is 48.9 Å². The van der Waals surface area contributed by atoms with Gasteiger partial charge in [0.25, 0.3) is 5.56 Å². The molecule has 2 N–H and O–H groups in total. The number of rotatable bonds is 4. The Morgan fingerprint density at radius 1 is 1.45 bits per heavy atom. The van der Waals surface area contributed by atoms with Crippen LogP contribution in [0.15, 0.2) is 16.9 Å². The maximum Gasteiger partial charge on any atom is 0.272 e. The fraction of sp³-hybridized carbons (Fsp3) is 0.600. The summed E-state index contributed by atoms with van der Waals surface area (Å²) in [7, 11) is 0. The summed E-state index contributed by atoms with van der Waals surface area (Å²) in [6.07, 6.45) is 3.24. The molecule has 2 aromatic rings. The third kappa shape index (κ3) is 2.63. The molecule has 20 heavy (non-hydrogen) atoms. The van der Waals surface area contributed by atoms with Gasteiger partial charge in [0.2, 0.25) is 0 Å². The number of hydrogen-bond donors (Lipinski definition) is 2. The lowest BCUT2D eigenvalue weighted by Gasteiger charge is -2.07. The fourth-order valence-electron chi connectivity index (χ4n) is 2.80. The molecular weight excluding hydrogens is 252 g/mol. The van der Waals surface area contributed by atoms with Crippen LogP contribution in [0.3, 0.4) is 0 Å². The van der Waals surface area contributed by atoms with E-state index in [4.69, 9.17) is 0 Å². The second-order valence-electron chi connectivity index (χ2n) is 6.04. The molecular formula is C15H22N4O. The van der Waals surface area contributed by atoms with Crippen molar-refractivity contribution in [2.45, 2.75) is 39.0 Å². The summed E-state index contributed by atoms with van der Waals surface area (Å²) in [6, 6.07) is 3.64. The van der Waals surface area contributed by atoms with Gasteiger partial charge in [-0.1, -0.05) is 13.8 Å².